The van der Waals surface area contributed by atoms with Crippen molar-refractivity contribution < 1.29 is 12.8 Å². The van der Waals surface area contributed by atoms with E-state index < -0.39 is 10.0 Å². The van der Waals surface area contributed by atoms with Crippen molar-refractivity contribution in [3.05, 3.63) is 24.2 Å². The van der Waals surface area contributed by atoms with Gasteiger partial charge in [-0.25, -0.2) is 13.1 Å². The van der Waals surface area contributed by atoms with Gasteiger partial charge in [0.25, 0.3) is 0 Å². The summed E-state index contributed by atoms with van der Waals surface area (Å²) in [6.45, 7) is 0.268. The van der Waals surface area contributed by atoms with Gasteiger partial charge < -0.3 is 4.42 Å². The molecule has 1 heterocycles. The molecule has 0 aliphatic heterocycles. The van der Waals surface area contributed by atoms with Crippen LogP contribution in [0.5, 0.6) is 0 Å². The van der Waals surface area contributed by atoms with E-state index in [4.69, 9.17) is 4.42 Å². The van der Waals surface area contributed by atoms with Crippen LogP contribution in [-0.4, -0.2) is 13.1 Å². The zero-order valence-corrected chi connectivity index (χ0v) is 8.56. The van der Waals surface area contributed by atoms with Crippen molar-refractivity contribution in [1.82, 2.24) is 4.72 Å². The highest BCUT2D eigenvalue weighted by atomic mass is 79.9. The lowest BCUT2D eigenvalue weighted by molar-refractivity contribution is 0.561. The van der Waals surface area contributed by atoms with Crippen molar-refractivity contribution in [3.8, 4) is 0 Å². The second kappa shape index (κ2) is 4.06. The Morgan fingerprint density at radius 1 is 1.58 bits per heavy atom. The molecule has 0 saturated carbocycles. The summed E-state index contributed by atoms with van der Waals surface area (Å²) < 4.78 is 28.9. The van der Waals surface area contributed by atoms with Gasteiger partial charge in [0.2, 0.25) is 10.0 Å². The van der Waals surface area contributed by atoms with Crippen molar-refractivity contribution in [2.45, 2.75) is 6.54 Å². The molecule has 12 heavy (non-hydrogen) atoms. The summed E-state index contributed by atoms with van der Waals surface area (Å²) in [7, 11) is -3.17. The Hall–Kier alpha value is -0.330. The summed E-state index contributed by atoms with van der Waals surface area (Å²) in [5, 5.41) is 0. The Bertz CT molecular complexity index is 319. The maximum absolute atomic E-state index is 10.9. The van der Waals surface area contributed by atoms with Gasteiger partial charge in [-0.15, -0.1) is 0 Å². The summed E-state index contributed by atoms with van der Waals surface area (Å²) in [5.74, 6) is 0. The number of furan rings is 1. The standard InChI is InChI=1S/C6H8BrNO3S/c7-5-12(9,10)8-3-6-1-2-11-4-6/h1-2,4,8H,3,5H2. The molecular formula is C6H8BrNO3S. The highest BCUT2D eigenvalue weighted by Crippen LogP contribution is 2.00. The van der Waals surface area contributed by atoms with Crippen LogP contribution in [0.3, 0.4) is 0 Å². The van der Waals surface area contributed by atoms with Crippen LogP contribution in [0.15, 0.2) is 23.0 Å². The Morgan fingerprint density at radius 3 is 2.83 bits per heavy atom. The molecule has 1 aromatic heterocycles. The molecule has 0 aliphatic rings. The second-order valence-electron chi connectivity index (χ2n) is 2.18. The van der Waals surface area contributed by atoms with Gasteiger partial charge in [0, 0.05) is 12.1 Å². The summed E-state index contributed by atoms with van der Waals surface area (Å²) in [6, 6.07) is 1.71. The molecule has 0 aromatic carbocycles. The largest absolute Gasteiger partial charge is 0.472 e. The molecule has 1 N–H and O–H groups in total. The van der Waals surface area contributed by atoms with Crippen LogP contribution < -0.4 is 4.72 Å². The van der Waals surface area contributed by atoms with Gasteiger partial charge in [0.15, 0.2) is 0 Å². The lowest BCUT2D eigenvalue weighted by Gasteiger charge is -1.99. The molecule has 0 fully saturated rings. The Labute approximate surface area is 79.1 Å². The van der Waals surface area contributed by atoms with Crippen molar-refractivity contribution in [2.75, 3.05) is 4.66 Å². The molecule has 0 atom stereocenters. The van der Waals surface area contributed by atoms with Crippen LogP contribution in [0, 0.1) is 0 Å². The second-order valence-corrected chi connectivity index (χ2v) is 5.29. The Morgan fingerprint density at radius 2 is 2.33 bits per heavy atom. The summed E-state index contributed by atoms with van der Waals surface area (Å²) in [6.07, 6.45) is 2.99. The third-order valence-electron chi connectivity index (χ3n) is 1.22. The lowest BCUT2D eigenvalue weighted by Crippen LogP contribution is -2.23. The van der Waals surface area contributed by atoms with Gasteiger partial charge in [-0.2, -0.15) is 0 Å². The fourth-order valence-electron chi connectivity index (χ4n) is 0.625. The quantitative estimate of drug-likeness (QED) is 0.817. The highest BCUT2D eigenvalue weighted by Gasteiger charge is 2.06. The third kappa shape index (κ3) is 2.96. The predicted octanol–water partition coefficient (Wildman–Crippen LogP) is 1.05. The van der Waals surface area contributed by atoms with Crippen molar-refractivity contribution in [2.24, 2.45) is 0 Å². The van der Waals surface area contributed by atoms with Crippen LogP contribution >= 0.6 is 15.9 Å². The predicted molar refractivity (Wildman–Crippen MR) is 48.3 cm³/mol. The minimum absolute atomic E-state index is 0.0855. The van der Waals surface area contributed by atoms with E-state index in [1.807, 2.05) is 0 Å². The van der Waals surface area contributed by atoms with Gasteiger partial charge in [-0.05, 0) is 6.07 Å². The molecule has 0 aliphatic carbocycles. The average molecular weight is 254 g/mol. The zero-order valence-electron chi connectivity index (χ0n) is 6.16. The minimum Gasteiger partial charge on any atom is -0.472 e. The smallest absolute Gasteiger partial charge is 0.221 e. The van der Waals surface area contributed by atoms with E-state index in [1.165, 1.54) is 12.5 Å². The monoisotopic (exact) mass is 253 g/mol. The first kappa shape index (κ1) is 9.76. The van der Waals surface area contributed by atoms with Crippen molar-refractivity contribution >= 4 is 26.0 Å². The van der Waals surface area contributed by atoms with E-state index in [-0.39, 0.29) is 11.2 Å². The SMILES string of the molecule is O=S(=O)(CBr)NCc1ccoc1. The van der Waals surface area contributed by atoms with Crippen LogP contribution in [-0.2, 0) is 16.6 Å². The number of alkyl halides is 1. The van der Waals surface area contributed by atoms with Gasteiger partial charge in [0.05, 0.1) is 12.5 Å². The molecule has 0 unspecified atom stereocenters. The van der Waals surface area contributed by atoms with E-state index in [0.717, 1.165) is 5.56 Å². The molecule has 6 heteroatoms. The number of rotatable bonds is 4. The third-order valence-corrected chi connectivity index (χ3v) is 3.90. The first-order valence-corrected chi connectivity index (χ1v) is 5.96. The van der Waals surface area contributed by atoms with E-state index in [9.17, 15) is 8.42 Å². The normalized spacial score (nSPS) is 11.8. The van der Waals surface area contributed by atoms with E-state index in [2.05, 4.69) is 20.7 Å². The molecule has 68 valence electrons. The van der Waals surface area contributed by atoms with Gasteiger partial charge in [-0.3, -0.25) is 0 Å². The van der Waals surface area contributed by atoms with Crippen LogP contribution in [0.2, 0.25) is 0 Å². The number of sulfonamides is 1. The fraction of sp³-hybridized carbons (Fsp3) is 0.333. The van der Waals surface area contributed by atoms with Gasteiger partial charge >= 0.3 is 0 Å². The number of halogens is 1. The molecule has 0 radical (unpaired) electrons. The number of nitrogens with one attached hydrogen (secondary N) is 1. The minimum atomic E-state index is -3.17. The Balaban J connectivity index is 2.47. The molecule has 0 spiro atoms. The first-order valence-electron chi connectivity index (χ1n) is 3.18. The average Bonchev–Trinajstić information content (AvgIpc) is 2.53. The molecule has 1 aromatic rings. The van der Waals surface area contributed by atoms with Crippen molar-refractivity contribution in [1.29, 1.82) is 0 Å². The van der Waals surface area contributed by atoms with E-state index >= 15 is 0 Å². The number of hydrogen-bond donors (Lipinski definition) is 1. The molecule has 0 amide bonds. The summed E-state index contributed by atoms with van der Waals surface area (Å²) in [4.78, 5) is 0. The topological polar surface area (TPSA) is 59.3 Å². The van der Waals surface area contributed by atoms with E-state index in [1.54, 1.807) is 6.07 Å². The van der Waals surface area contributed by atoms with Gasteiger partial charge in [-0.1, -0.05) is 15.9 Å². The van der Waals surface area contributed by atoms with Crippen LogP contribution in [0.4, 0.5) is 0 Å². The maximum atomic E-state index is 10.9. The summed E-state index contributed by atoms with van der Waals surface area (Å²) in [5.41, 5.74) is 0.805. The highest BCUT2D eigenvalue weighted by molar-refractivity contribution is 9.10. The zero-order chi connectivity index (χ0) is 9.03. The molecule has 4 nitrogen and oxygen atoms in total. The maximum Gasteiger partial charge on any atom is 0.221 e. The molecule has 0 saturated heterocycles. The lowest BCUT2D eigenvalue weighted by atomic mass is 10.4. The van der Waals surface area contributed by atoms with Crippen molar-refractivity contribution in [3.63, 3.8) is 0 Å². The van der Waals surface area contributed by atoms with Crippen LogP contribution in [0.1, 0.15) is 5.56 Å². The van der Waals surface area contributed by atoms with E-state index in [0.29, 0.717) is 0 Å². The first-order chi connectivity index (χ1) is 5.64. The Kier molecular flexibility index (Phi) is 3.30. The molecular weight excluding hydrogens is 246 g/mol. The van der Waals surface area contributed by atoms with Crippen LogP contribution in [0.25, 0.3) is 0 Å². The summed E-state index contributed by atoms with van der Waals surface area (Å²) >= 11 is 2.86. The van der Waals surface area contributed by atoms with Gasteiger partial charge in [0.1, 0.15) is 4.66 Å². The molecule has 1 rings (SSSR count). The number of hydrogen-bond acceptors (Lipinski definition) is 3. The fourth-order valence-corrected chi connectivity index (χ4v) is 1.57. The molecule has 0 bridgehead atoms.